The van der Waals surface area contributed by atoms with Crippen molar-refractivity contribution in [2.75, 3.05) is 18.2 Å². The molecular formula is C21H17N3O3S2. The molecule has 0 unspecified atom stereocenters. The number of thiophene rings is 1. The second-order valence-electron chi connectivity index (χ2n) is 6.04. The van der Waals surface area contributed by atoms with Crippen molar-refractivity contribution in [3.05, 3.63) is 76.4 Å². The Morgan fingerprint density at radius 2 is 1.90 bits per heavy atom. The van der Waals surface area contributed by atoms with Gasteiger partial charge in [0.2, 0.25) is 5.91 Å². The van der Waals surface area contributed by atoms with E-state index >= 15 is 0 Å². The molecule has 0 aliphatic heterocycles. The lowest BCUT2D eigenvalue weighted by atomic mass is 10.3. The third-order valence-corrected chi connectivity index (χ3v) is 6.00. The molecule has 6 nitrogen and oxygen atoms in total. The van der Waals surface area contributed by atoms with Crippen LogP contribution in [0.15, 0.2) is 76.0 Å². The fourth-order valence-corrected chi connectivity index (χ4v) is 4.43. The lowest BCUT2D eigenvalue weighted by Crippen LogP contribution is -2.22. The fourth-order valence-electron chi connectivity index (χ4n) is 2.86. The largest absolute Gasteiger partial charge is 0.495 e. The summed E-state index contributed by atoms with van der Waals surface area (Å²) in [6.07, 6.45) is 0. The van der Waals surface area contributed by atoms with Crippen molar-refractivity contribution in [2.24, 2.45) is 0 Å². The minimum Gasteiger partial charge on any atom is -0.495 e. The predicted octanol–water partition coefficient (Wildman–Crippen LogP) is 4.19. The van der Waals surface area contributed by atoms with Gasteiger partial charge in [0, 0.05) is 5.69 Å². The van der Waals surface area contributed by atoms with Gasteiger partial charge in [0.1, 0.15) is 10.4 Å². The van der Waals surface area contributed by atoms with Crippen LogP contribution in [-0.4, -0.2) is 28.3 Å². The number of benzene rings is 2. The molecule has 2 aromatic heterocycles. The minimum absolute atomic E-state index is 0.117. The molecular weight excluding hydrogens is 406 g/mol. The highest BCUT2D eigenvalue weighted by molar-refractivity contribution is 7.99. The number of nitrogens with one attached hydrogen (secondary N) is 1. The van der Waals surface area contributed by atoms with E-state index in [0.717, 1.165) is 5.69 Å². The molecule has 4 aromatic rings. The molecule has 0 saturated carbocycles. The van der Waals surface area contributed by atoms with Crippen LogP contribution in [0.4, 0.5) is 5.69 Å². The second kappa shape index (κ2) is 8.50. The summed E-state index contributed by atoms with van der Waals surface area (Å²) < 4.78 is 7.51. The average molecular weight is 424 g/mol. The number of fused-ring (bicyclic) bond motifs is 1. The molecule has 1 amide bonds. The van der Waals surface area contributed by atoms with Gasteiger partial charge in [-0.25, -0.2) is 4.98 Å². The first-order valence-corrected chi connectivity index (χ1v) is 10.7. The molecule has 0 bridgehead atoms. The molecule has 0 spiro atoms. The number of anilines is 1. The summed E-state index contributed by atoms with van der Waals surface area (Å²) in [7, 11) is 1.56. The van der Waals surface area contributed by atoms with Crippen LogP contribution in [0.2, 0.25) is 0 Å². The van der Waals surface area contributed by atoms with Gasteiger partial charge in [-0.05, 0) is 35.7 Å². The minimum atomic E-state index is -0.180. The number of thioether (sulfide) groups is 1. The zero-order chi connectivity index (χ0) is 20.2. The van der Waals surface area contributed by atoms with E-state index < -0.39 is 0 Å². The quantitative estimate of drug-likeness (QED) is 0.372. The summed E-state index contributed by atoms with van der Waals surface area (Å²) >= 11 is 2.56. The lowest BCUT2D eigenvalue weighted by molar-refractivity contribution is -0.113. The zero-order valence-corrected chi connectivity index (χ0v) is 17.1. The van der Waals surface area contributed by atoms with Gasteiger partial charge in [-0.3, -0.25) is 14.2 Å². The van der Waals surface area contributed by atoms with E-state index in [1.54, 1.807) is 19.2 Å². The Kier molecular flexibility index (Phi) is 5.64. The fraction of sp³-hybridized carbons (Fsp3) is 0.0952. The maximum atomic E-state index is 13.2. The van der Waals surface area contributed by atoms with Crippen LogP contribution in [0.25, 0.3) is 15.9 Å². The predicted molar refractivity (Wildman–Crippen MR) is 118 cm³/mol. The first kappa shape index (κ1) is 19.2. The van der Waals surface area contributed by atoms with Crippen LogP contribution in [0.3, 0.4) is 0 Å². The van der Waals surface area contributed by atoms with Gasteiger partial charge < -0.3 is 10.1 Å². The van der Waals surface area contributed by atoms with Crippen LogP contribution in [0.1, 0.15) is 0 Å². The van der Waals surface area contributed by atoms with E-state index in [-0.39, 0.29) is 17.2 Å². The molecule has 0 radical (unpaired) electrons. The number of amides is 1. The number of hydrogen-bond acceptors (Lipinski definition) is 6. The zero-order valence-electron chi connectivity index (χ0n) is 15.5. The van der Waals surface area contributed by atoms with Gasteiger partial charge in [0.05, 0.1) is 24.1 Å². The van der Waals surface area contributed by atoms with E-state index in [1.807, 2.05) is 53.9 Å². The van der Waals surface area contributed by atoms with Crippen molar-refractivity contribution in [3.8, 4) is 11.4 Å². The van der Waals surface area contributed by atoms with E-state index in [2.05, 4.69) is 10.3 Å². The van der Waals surface area contributed by atoms with Crippen LogP contribution in [0.5, 0.6) is 5.75 Å². The number of carbonyl (C=O) groups is 1. The molecule has 0 saturated heterocycles. The van der Waals surface area contributed by atoms with Crippen molar-refractivity contribution in [1.82, 2.24) is 9.55 Å². The molecule has 0 fully saturated rings. The Hall–Kier alpha value is -3.10. The molecule has 2 heterocycles. The number of methoxy groups -OCH3 is 1. The Bertz CT molecular complexity index is 1220. The molecule has 29 heavy (non-hydrogen) atoms. The van der Waals surface area contributed by atoms with Crippen molar-refractivity contribution >= 4 is 44.9 Å². The second-order valence-corrected chi connectivity index (χ2v) is 7.90. The van der Waals surface area contributed by atoms with Crippen LogP contribution >= 0.6 is 23.1 Å². The average Bonchev–Trinajstić information content (AvgIpc) is 3.22. The van der Waals surface area contributed by atoms with Gasteiger partial charge in [0.15, 0.2) is 5.16 Å². The maximum absolute atomic E-state index is 13.2. The summed E-state index contributed by atoms with van der Waals surface area (Å²) in [5, 5.41) is 5.12. The van der Waals surface area contributed by atoms with Crippen molar-refractivity contribution in [3.63, 3.8) is 0 Å². The number of hydrogen-bond donors (Lipinski definition) is 1. The summed E-state index contributed by atoms with van der Waals surface area (Å²) in [4.78, 5) is 30.2. The van der Waals surface area contributed by atoms with Crippen molar-refractivity contribution in [2.45, 2.75) is 5.16 Å². The Morgan fingerprint density at radius 1 is 1.14 bits per heavy atom. The maximum Gasteiger partial charge on any atom is 0.276 e. The molecule has 4 rings (SSSR count). The summed E-state index contributed by atoms with van der Waals surface area (Å²) in [6, 6.07) is 18.3. The number of ether oxygens (including phenoxy) is 1. The molecule has 0 aliphatic rings. The molecule has 146 valence electrons. The van der Waals surface area contributed by atoms with Crippen molar-refractivity contribution in [1.29, 1.82) is 0 Å². The lowest BCUT2D eigenvalue weighted by Gasteiger charge is -2.14. The Balaban J connectivity index is 1.70. The standard InChI is InChI=1S/C21H17N3O3S2/c1-27-17-10-6-5-9-16(17)24-20(26)19-15(11-12-28-19)23-21(24)29-13-18(25)22-14-7-3-2-4-8-14/h2-12H,13H2,1H3,(H,22,25). The monoisotopic (exact) mass is 423 g/mol. The van der Waals surface area contributed by atoms with E-state index in [1.165, 1.54) is 27.7 Å². The van der Waals surface area contributed by atoms with E-state index in [0.29, 0.717) is 26.8 Å². The smallest absolute Gasteiger partial charge is 0.276 e. The first-order chi connectivity index (χ1) is 14.2. The molecule has 0 atom stereocenters. The molecule has 8 heteroatoms. The summed E-state index contributed by atoms with van der Waals surface area (Å²) in [5.74, 6) is 0.502. The number of nitrogens with zero attached hydrogens (tertiary/aromatic N) is 2. The number of carbonyl (C=O) groups excluding carboxylic acids is 1. The SMILES string of the molecule is COc1ccccc1-n1c(SCC(=O)Nc2ccccc2)nc2ccsc2c1=O. The molecule has 0 aliphatic carbocycles. The molecule has 2 aromatic carbocycles. The van der Waals surface area contributed by atoms with Crippen molar-refractivity contribution < 1.29 is 9.53 Å². The third kappa shape index (κ3) is 4.03. The first-order valence-electron chi connectivity index (χ1n) is 8.78. The van der Waals surface area contributed by atoms with Gasteiger partial charge in [-0.1, -0.05) is 42.1 Å². The van der Waals surface area contributed by atoms with Gasteiger partial charge >= 0.3 is 0 Å². The van der Waals surface area contributed by atoms with Gasteiger partial charge in [0.25, 0.3) is 5.56 Å². The highest BCUT2D eigenvalue weighted by Gasteiger charge is 2.18. The number of aromatic nitrogens is 2. The van der Waals surface area contributed by atoms with Crippen LogP contribution < -0.4 is 15.6 Å². The van der Waals surface area contributed by atoms with Crippen LogP contribution in [0, 0.1) is 0 Å². The molecule has 1 N–H and O–H groups in total. The van der Waals surface area contributed by atoms with E-state index in [4.69, 9.17) is 4.74 Å². The Morgan fingerprint density at radius 3 is 2.69 bits per heavy atom. The number of para-hydroxylation sites is 3. The third-order valence-electron chi connectivity index (χ3n) is 4.17. The topological polar surface area (TPSA) is 73.2 Å². The van der Waals surface area contributed by atoms with Crippen LogP contribution in [-0.2, 0) is 4.79 Å². The Labute approximate surface area is 175 Å². The van der Waals surface area contributed by atoms with Gasteiger partial charge in [-0.15, -0.1) is 11.3 Å². The highest BCUT2D eigenvalue weighted by atomic mass is 32.2. The summed E-state index contributed by atoms with van der Waals surface area (Å²) in [5.41, 5.74) is 1.76. The highest BCUT2D eigenvalue weighted by Crippen LogP contribution is 2.28. The number of rotatable bonds is 6. The van der Waals surface area contributed by atoms with E-state index in [9.17, 15) is 9.59 Å². The normalized spacial score (nSPS) is 10.8. The summed E-state index contributed by atoms with van der Waals surface area (Å²) in [6.45, 7) is 0. The van der Waals surface area contributed by atoms with Gasteiger partial charge in [-0.2, -0.15) is 0 Å².